The third-order valence-corrected chi connectivity index (χ3v) is 5.45. The lowest BCUT2D eigenvalue weighted by molar-refractivity contribution is -0.112. The van der Waals surface area contributed by atoms with Gasteiger partial charge in [0.1, 0.15) is 11.6 Å². The lowest BCUT2D eigenvalue weighted by Gasteiger charge is -2.10. The number of aromatic nitrogens is 1. The Morgan fingerprint density at radius 2 is 1.79 bits per heavy atom. The number of carbonyl (C=O) groups excluding carboxylic acids is 1. The van der Waals surface area contributed by atoms with Crippen molar-refractivity contribution in [2.24, 2.45) is 0 Å². The maximum atomic E-state index is 12.6. The van der Waals surface area contributed by atoms with Gasteiger partial charge >= 0.3 is 0 Å². The minimum Gasteiger partial charge on any atom is -0.320 e. The second-order valence-corrected chi connectivity index (χ2v) is 7.51. The highest BCUT2D eigenvalue weighted by Crippen LogP contribution is 2.30. The molecule has 1 N–H and O–H groups in total. The van der Waals surface area contributed by atoms with Crippen molar-refractivity contribution in [2.45, 2.75) is 20.8 Å². The second kappa shape index (κ2) is 8.57. The van der Waals surface area contributed by atoms with Crippen molar-refractivity contribution < 1.29 is 4.79 Å². The van der Waals surface area contributed by atoms with E-state index in [2.05, 4.69) is 9.88 Å². The predicted molar refractivity (Wildman–Crippen MR) is 119 cm³/mol. The number of nitrogens with zero attached hydrogens (tertiary/aromatic N) is 2. The average Bonchev–Trinajstić information content (AvgIpc) is 2.97. The number of nitrogens with one attached hydrogen (secondary N) is 1. The Labute approximate surface area is 180 Å². The summed E-state index contributed by atoms with van der Waals surface area (Å²) in [6, 6.07) is 17.0. The molecular weight excluding hydrogens is 405 g/mol. The van der Waals surface area contributed by atoms with Crippen LogP contribution in [0, 0.1) is 32.1 Å². The molecule has 1 aromatic heterocycles. The summed E-state index contributed by atoms with van der Waals surface area (Å²) < 4.78 is 2.09. The largest absolute Gasteiger partial charge is 0.320 e. The highest BCUT2D eigenvalue weighted by molar-refractivity contribution is 6.44. The molecule has 1 heterocycles. The molecule has 1 amide bonds. The van der Waals surface area contributed by atoms with Gasteiger partial charge in [-0.1, -0.05) is 47.0 Å². The van der Waals surface area contributed by atoms with E-state index in [0.717, 1.165) is 22.6 Å². The number of hydrogen-bond donors (Lipinski definition) is 1. The van der Waals surface area contributed by atoms with Crippen LogP contribution in [0.5, 0.6) is 0 Å². The molecule has 3 aromatic rings. The van der Waals surface area contributed by atoms with Crippen molar-refractivity contribution in [3.63, 3.8) is 0 Å². The van der Waals surface area contributed by atoms with Gasteiger partial charge < -0.3 is 9.88 Å². The van der Waals surface area contributed by atoms with Gasteiger partial charge in [-0.05, 0) is 62.7 Å². The van der Waals surface area contributed by atoms with E-state index >= 15 is 0 Å². The van der Waals surface area contributed by atoms with Crippen molar-refractivity contribution in [1.29, 1.82) is 5.26 Å². The molecule has 0 radical (unpaired) electrons. The smallest absolute Gasteiger partial charge is 0.266 e. The minimum atomic E-state index is -0.545. The zero-order chi connectivity index (χ0) is 21.1. The van der Waals surface area contributed by atoms with Crippen LogP contribution < -0.4 is 5.32 Å². The molecule has 0 saturated carbocycles. The van der Waals surface area contributed by atoms with E-state index in [1.807, 2.05) is 57.2 Å². The Balaban J connectivity index is 1.94. The molecule has 0 saturated heterocycles. The molecule has 0 aliphatic carbocycles. The number of anilines is 1. The lowest BCUT2D eigenvalue weighted by Crippen LogP contribution is -2.13. The van der Waals surface area contributed by atoms with Gasteiger partial charge in [0, 0.05) is 17.1 Å². The van der Waals surface area contributed by atoms with Crippen LogP contribution in [-0.2, 0) is 4.79 Å². The summed E-state index contributed by atoms with van der Waals surface area (Å²) in [5.41, 5.74) is 5.28. The first-order valence-corrected chi connectivity index (χ1v) is 9.70. The summed E-state index contributed by atoms with van der Waals surface area (Å²) >= 11 is 12.1. The second-order valence-electron chi connectivity index (χ2n) is 6.72. The lowest BCUT2D eigenvalue weighted by atomic mass is 10.1. The summed E-state index contributed by atoms with van der Waals surface area (Å²) in [6.45, 7) is 5.98. The molecule has 6 heteroatoms. The van der Waals surface area contributed by atoms with Gasteiger partial charge in [-0.25, -0.2) is 0 Å². The molecule has 146 valence electrons. The number of carbonyl (C=O) groups is 1. The molecule has 0 aliphatic heterocycles. The first-order chi connectivity index (χ1) is 13.8. The summed E-state index contributed by atoms with van der Waals surface area (Å²) in [5, 5.41) is 12.7. The molecule has 0 unspecified atom stereocenters. The summed E-state index contributed by atoms with van der Waals surface area (Å²) in [4.78, 5) is 12.6. The number of hydrogen-bond acceptors (Lipinski definition) is 2. The number of amides is 1. The summed E-state index contributed by atoms with van der Waals surface area (Å²) in [5.74, 6) is -0.545. The Hall–Kier alpha value is -3.00. The van der Waals surface area contributed by atoms with Gasteiger partial charge in [-0.15, -0.1) is 0 Å². The van der Waals surface area contributed by atoms with E-state index in [1.165, 1.54) is 5.56 Å². The van der Waals surface area contributed by atoms with Crippen molar-refractivity contribution >= 4 is 40.9 Å². The van der Waals surface area contributed by atoms with Crippen LogP contribution in [0.2, 0.25) is 10.0 Å². The monoisotopic (exact) mass is 423 g/mol. The molecule has 2 aromatic carbocycles. The summed E-state index contributed by atoms with van der Waals surface area (Å²) in [7, 11) is 0. The van der Waals surface area contributed by atoms with Gasteiger partial charge in [0.15, 0.2) is 0 Å². The van der Waals surface area contributed by atoms with E-state index < -0.39 is 5.91 Å². The zero-order valence-electron chi connectivity index (χ0n) is 16.3. The zero-order valence-corrected chi connectivity index (χ0v) is 17.8. The number of rotatable bonds is 4. The van der Waals surface area contributed by atoms with Crippen molar-refractivity contribution in [2.75, 3.05) is 5.32 Å². The number of aryl methyl sites for hydroxylation is 2. The van der Waals surface area contributed by atoms with Gasteiger partial charge in [-0.3, -0.25) is 4.79 Å². The topological polar surface area (TPSA) is 57.8 Å². The van der Waals surface area contributed by atoms with Crippen LogP contribution in [0.15, 0.2) is 54.1 Å². The highest BCUT2D eigenvalue weighted by atomic mass is 35.5. The van der Waals surface area contributed by atoms with Crippen molar-refractivity contribution in [3.05, 3.63) is 86.7 Å². The van der Waals surface area contributed by atoms with Crippen LogP contribution in [0.1, 0.15) is 22.5 Å². The van der Waals surface area contributed by atoms with Crippen LogP contribution in [0.25, 0.3) is 11.8 Å². The Morgan fingerprint density at radius 3 is 2.45 bits per heavy atom. The third kappa shape index (κ3) is 4.37. The van der Waals surface area contributed by atoms with Gasteiger partial charge in [0.05, 0.1) is 15.7 Å². The number of nitriles is 1. The van der Waals surface area contributed by atoms with E-state index in [-0.39, 0.29) is 10.6 Å². The molecule has 4 nitrogen and oxygen atoms in total. The molecule has 29 heavy (non-hydrogen) atoms. The first kappa shape index (κ1) is 20.7. The minimum absolute atomic E-state index is 0.0230. The van der Waals surface area contributed by atoms with Gasteiger partial charge in [-0.2, -0.15) is 5.26 Å². The van der Waals surface area contributed by atoms with E-state index in [4.69, 9.17) is 23.2 Å². The molecular formula is C23H19Cl2N3O. The SMILES string of the molecule is Cc1ccc(-n2c(C)cc(/C=C(\C#N)C(=O)Nc3cccc(Cl)c3Cl)c2C)cc1. The van der Waals surface area contributed by atoms with Crippen LogP contribution in [0.3, 0.4) is 0 Å². The number of halogens is 2. The van der Waals surface area contributed by atoms with Crippen LogP contribution >= 0.6 is 23.2 Å². The fourth-order valence-corrected chi connectivity index (χ4v) is 3.47. The first-order valence-electron chi connectivity index (χ1n) is 8.95. The quantitative estimate of drug-likeness (QED) is 0.397. The van der Waals surface area contributed by atoms with Crippen LogP contribution in [-0.4, -0.2) is 10.5 Å². The molecule has 0 fully saturated rings. The van der Waals surface area contributed by atoms with Gasteiger partial charge in [0.2, 0.25) is 0 Å². The predicted octanol–water partition coefficient (Wildman–Crippen LogP) is 6.26. The Bertz CT molecular complexity index is 1150. The van der Waals surface area contributed by atoms with Crippen molar-refractivity contribution in [3.8, 4) is 11.8 Å². The molecule has 0 bridgehead atoms. The molecule has 0 atom stereocenters. The third-order valence-electron chi connectivity index (χ3n) is 4.63. The molecule has 3 rings (SSSR count). The van der Waals surface area contributed by atoms with E-state index in [0.29, 0.717) is 10.7 Å². The standard InChI is InChI=1S/C23H19Cl2N3O/c1-14-7-9-19(10-8-14)28-15(2)11-17(16(28)3)12-18(13-26)23(29)27-21-6-4-5-20(24)22(21)25/h4-12H,1-3H3,(H,27,29)/b18-12+. The van der Waals surface area contributed by atoms with Gasteiger partial charge in [0.25, 0.3) is 5.91 Å². The number of benzene rings is 2. The van der Waals surface area contributed by atoms with E-state index in [9.17, 15) is 10.1 Å². The normalized spacial score (nSPS) is 11.2. The average molecular weight is 424 g/mol. The molecule has 0 spiro atoms. The summed E-state index contributed by atoms with van der Waals surface area (Å²) in [6.07, 6.45) is 1.58. The molecule has 0 aliphatic rings. The maximum absolute atomic E-state index is 12.6. The van der Waals surface area contributed by atoms with Crippen molar-refractivity contribution in [1.82, 2.24) is 4.57 Å². The van der Waals surface area contributed by atoms with E-state index in [1.54, 1.807) is 24.3 Å². The Morgan fingerprint density at radius 1 is 1.10 bits per heavy atom. The van der Waals surface area contributed by atoms with Crippen LogP contribution in [0.4, 0.5) is 5.69 Å². The Kier molecular flexibility index (Phi) is 6.12. The highest BCUT2D eigenvalue weighted by Gasteiger charge is 2.15. The fourth-order valence-electron chi connectivity index (χ4n) is 3.12. The fraction of sp³-hybridized carbons (Fsp3) is 0.130. The maximum Gasteiger partial charge on any atom is 0.266 e.